The van der Waals surface area contributed by atoms with Crippen LogP contribution in [0.2, 0.25) is 0 Å². The standard InChI is InChI=1S/C87H90O4P4/c1-64-49-55-76(56-50-64)61-93(79-40-22-13-31-67(79)4,80-41-23-14-32-68(80)5,81-42-24-15-33-69(81)6)89-92(88,90-94(82-43-25-16-34-70(82)7,83-44-26-17-35-71(83)8,84-45-27-18-36-72(84)9)62-77-57-51-65(2)52-58-77)91-95(85-46-28-19-37-73(85)10,86-47-29-20-38-74(86)11,87-48-30-21-39-75(87)12)63-78-59-53-66(3)54-60-78/h13-60H,61-63H2,1-12H3. The molecule has 482 valence electrons. The van der Waals surface area contributed by atoms with Crippen LogP contribution >= 0.6 is 28.3 Å². The van der Waals surface area contributed by atoms with Gasteiger partial charge in [-0.1, -0.05) is 0 Å². The second-order valence-electron chi connectivity index (χ2n) is 26.8. The van der Waals surface area contributed by atoms with E-state index >= 15 is 4.57 Å². The summed E-state index contributed by atoms with van der Waals surface area (Å²) in [5, 5.41) is 8.36. The van der Waals surface area contributed by atoms with E-state index in [0.29, 0.717) is 0 Å². The minimum absolute atomic E-state index is 0.281. The molecule has 0 N–H and O–H groups in total. The molecule has 0 aliphatic heterocycles. The molecule has 0 saturated carbocycles. The van der Waals surface area contributed by atoms with Gasteiger partial charge >= 0.3 is 570 Å². The van der Waals surface area contributed by atoms with Gasteiger partial charge in [-0.25, -0.2) is 0 Å². The van der Waals surface area contributed by atoms with Gasteiger partial charge < -0.3 is 0 Å². The van der Waals surface area contributed by atoms with Crippen LogP contribution in [0.1, 0.15) is 83.5 Å². The molecular weight excluding hydrogens is 1230 g/mol. The van der Waals surface area contributed by atoms with E-state index in [0.717, 1.165) is 131 Å². The van der Waals surface area contributed by atoms with Gasteiger partial charge in [0.2, 0.25) is 0 Å². The molecule has 4 nitrogen and oxygen atoms in total. The first-order chi connectivity index (χ1) is 45.7. The Kier molecular flexibility index (Phi) is 18.5. The zero-order valence-electron chi connectivity index (χ0n) is 57.3. The number of rotatable bonds is 21. The van der Waals surface area contributed by atoms with Crippen molar-refractivity contribution < 1.29 is 17.5 Å². The summed E-state index contributed by atoms with van der Waals surface area (Å²) in [6.45, 7) is 10.6. The first-order valence-corrected chi connectivity index (χ1v) is 41.7. The van der Waals surface area contributed by atoms with E-state index in [2.05, 4.69) is 374 Å². The molecule has 0 aliphatic rings. The maximum absolute atomic E-state index is 21.4. The van der Waals surface area contributed by atoms with Crippen LogP contribution in [0.25, 0.3) is 0 Å². The summed E-state index contributed by atoms with van der Waals surface area (Å²) >= 11 is 0. The molecule has 12 rings (SSSR count). The van der Waals surface area contributed by atoms with Crippen molar-refractivity contribution in [1.82, 2.24) is 0 Å². The molecule has 95 heavy (non-hydrogen) atoms. The van der Waals surface area contributed by atoms with Gasteiger partial charge in [-0.3, -0.25) is 0 Å². The molecule has 0 amide bonds. The molecule has 0 heterocycles. The molecule has 0 aromatic heterocycles. The normalized spacial score (nSPS) is 13.9. The molecule has 12 aromatic carbocycles. The Morgan fingerprint density at radius 1 is 0.211 bits per heavy atom. The Balaban J connectivity index is 1.44. The summed E-state index contributed by atoms with van der Waals surface area (Å²) in [6.07, 6.45) is 0.843. The second kappa shape index (κ2) is 26.2. The van der Waals surface area contributed by atoms with Crippen LogP contribution in [0.4, 0.5) is 0 Å². The van der Waals surface area contributed by atoms with E-state index in [1.807, 2.05) is 0 Å². The third-order valence-corrected chi connectivity index (χ3v) is 43.6. The van der Waals surface area contributed by atoms with Crippen molar-refractivity contribution >= 4 is 76.1 Å². The van der Waals surface area contributed by atoms with Crippen LogP contribution in [-0.2, 0) is 36.0 Å². The number of hydrogen-bond acceptors (Lipinski definition) is 4. The van der Waals surface area contributed by atoms with Gasteiger partial charge in [0.1, 0.15) is 0 Å². The zero-order valence-corrected chi connectivity index (χ0v) is 60.8. The first-order valence-electron chi connectivity index (χ1n) is 33.2. The molecule has 0 bridgehead atoms. The topological polar surface area (TPSA) is 44.8 Å². The van der Waals surface area contributed by atoms with Crippen molar-refractivity contribution in [2.45, 2.75) is 102 Å². The third-order valence-electron chi connectivity index (χ3n) is 20.3. The van der Waals surface area contributed by atoms with Gasteiger partial charge in [-0.2, -0.15) is 0 Å². The van der Waals surface area contributed by atoms with Crippen molar-refractivity contribution in [3.63, 3.8) is 0 Å². The van der Waals surface area contributed by atoms with E-state index in [4.69, 9.17) is 0 Å². The van der Waals surface area contributed by atoms with E-state index in [1.54, 1.807) is 0 Å². The Labute approximate surface area is 566 Å². The SMILES string of the molecule is Cc1ccc(CP(OP(=O)(OP(Cc2ccc(C)cc2)(c2ccccc2C)(c2ccccc2C)c2ccccc2C)OP(Cc2ccc(C)cc2)(c2ccccc2C)(c2ccccc2C)c2ccccc2C)(c2ccccc2C)(c2ccccc2C)c2ccccc2C)cc1. The number of benzene rings is 12. The molecule has 0 saturated heterocycles. The number of hydrogen-bond donors (Lipinski definition) is 0. The summed E-state index contributed by atoms with van der Waals surface area (Å²) in [4.78, 5) is 0. The first kappa shape index (κ1) is 67.0. The number of aryl methyl sites for hydroxylation is 12. The van der Waals surface area contributed by atoms with Crippen LogP contribution in [0.3, 0.4) is 0 Å². The van der Waals surface area contributed by atoms with Crippen molar-refractivity contribution in [3.8, 4) is 0 Å². The quantitative estimate of drug-likeness (QED) is 0.0673. The van der Waals surface area contributed by atoms with Gasteiger partial charge in [0.25, 0.3) is 0 Å². The fraction of sp³-hybridized carbons (Fsp3) is 0.172. The minimum atomic E-state index is -5.71. The van der Waals surface area contributed by atoms with Gasteiger partial charge in [-0.05, 0) is 0 Å². The van der Waals surface area contributed by atoms with Crippen molar-refractivity contribution in [2.24, 2.45) is 0 Å². The second-order valence-corrected chi connectivity index (χ2v) is 42.3. The number of phosphoric acid groups is 1. The molecule has 12 aromatic rings. The third kappa shape index (κ3) is 11.3. The predicted molar refractivity (Wildman–Crippen MR) is 414 cm³/mol. The summed E-state index contributed by atoms with van der Waals surface area (Å²) in [5.74, 6) is 0. The molecule has 0 unspecified atom stereocenters. The van der Waals surface area contributed by atoms with E-state index in [-0.39, 0.29) is 18.5 Å². The zero-order chi connectivity index (χ0) is 66.9. The van der Waals surface area contributed by atoms with Crippen molar-refractivity contribution in [3.05, 3.63) is 375 Å². The van der Waals surface area contributed by atoms with Crippen LogP contribution in [-0.4, -0.2) is 0 Å². The van der Waals surface area contributed by atoms with Gasteiger partial charge in [0.05, 0.1) is 0 Å². The molecule has 0 spiro atoms. The summed E-state index contributed by atoms with van der Waals surface area (Å²) in [6, 6.07) is 105. The Bertz CT molecular complexity index is 4030. The van der Waals surface area contributed by atoms with E-state index < -0.39 is 28.3 Å². The average molecular weight is 1320 g/mol. The molecule has 0 atom stereocenters. The van der Waals surface area contributed by atoms with E-state index in [9.17, 15) is 12.9 Å². The van der Waals surface area contributed by atoms with Gasteiger partial charge in [0, 0.05) is 0 Å². The average Bonchev–Trinajstić information content (AvgIpc) is 0.663. The molecule has 0 radical (unpaired) electrons. The Hall–Kier alpha value is -7.96. The van der Waals surface area contributed by atoms with E-state index in [1.165, 1.54) is 0 Å². The van der Waals surface area contributed by atoms with Crippen LogP contribution in [0.5, 0.6) is 0 Å². The Morgan fingerprint density at radius 3 is 0.484 bits per heavy atom. The summed E-state index contributed by atoms with van der Waals surface area (Å²) in [7, 11) is -5.71. The van der Waals surface area contributed by atoms with Crippen LogP contribution < -0.4 is 47.7 Å². The Morgan fingerprint density at radius 2 is 0.347 bits per heavy atom. The fourth-order valence-electron chi connectivity index (χ4n) is 16.1. The van der Waals surface area contributed by atoms with Crippen LogP contribution in [0, 0.1) is 83.1 Å². The molecule has 8 heteroatoms. The monoisotopic (exact) mass is 1320 g/mol. The molecular formula is C87H90O4P4. The van der Waals surface area contributed by atoms with Crippen molar-refractivity contribution in [1.29, 1.82) is 0 Å². The predicted octanol–water partition coefficient (Wildman–Crippen LogP) is 19.8. The van der Waals surface area contributed by atoms with Crippen LogP contribution in [0.15, 0.2) is 291 Å². The summed E-state index contributed by atoms with van der Waals surface area (Å²) < 4.78 is 50.2. The molecule has 0 fully saturated rings. The van der Waals surface area contributed by atoms with Crippen molar-refractivity contribution in [2.75, 3.05) is 0 Å². The summed E-state index contributed by atoms with van der Waals surface area (Å²) in [5.41, 5.74) is 15.3. The maximum atomic E-state index is 21.4. The van der Waals surface area contributed by atoms with Gasteiger partial charge in [-0.15, -0.1) is 0 Å². The van der Waals surface area contributed by atoms with Gasteiger partial charge in [0.15, 0.2) is 0 Å². The molecule has 0 aliphatic carbocycles. The fourth-order valence-corrected chi connectivity index (χ4v) is 44.0.